The van der Waals surface area contributed by atoms with E-state index in [0.29, 0.717) is 5.41 Å². The van der Waals surface area contributed by atoms with Crippen LogP contribution >= 0.6 is 24.0 Å². The predicted molar refractivity (Wildman–Crippen MR) is 103 cm³/mol. The number of halogens is 1. The van der Waals surface area contributed by atoms with Crippen LogP contribution in [0, 0.1) is 5.41 Å². The van der Waals surface area contributed by atoms with E-state index in [0.717, 1.165) is 25.6 Å². The maximum absolute atomic E-state index is 4.46. The van der Waals surface area contributed by atoms with E-state index in [-0.39, 0.29) is 24.0 Å². The normalized spacial score (nSPS) is 22.4. The van der Waals surface area contributed by atoms with E-state index in [2.05, 4.69) is 34.2 Å². The molecule has 22 heavy (non-hydrogen) atoms. The zero-order valence-electron chi connectivity index (χ0n) is 14.3. The molecule has 0 spiro atoms. The molecule has 1 saturated heterocycles. The third-order valence-corrected chi connectivity index (χ3v) is 4.35. The lowest BCUT2D eigenvalue weighted by molar-refractivity contribution is 0.142. The largest absolute Gasteiger partial charge is 0.352 e. The Kier molecular flexibility index (Phi) is 7.65. The molecule has 126 valence electrons. The Morgan fingerprint density at radius 3 is 2.86 bits per heavy atom. The highest BCUT2D eigenvalue weighted by Gasteiger charge is 2.31. The molecule has 0 aliphatic carbocycles. The van der Waals surface area contributed by atoms with Gasteiger partial charge in [0.05, 0.1) is 6.20 Å². The van der Waals surface area contributed by atoms with E-state index in [1.165, 1.54) is 31.2 Å². The van der Waals surface area contributed by atoms with Crippen LogP contribution < -0.4 is 5.32 Å². The summed E-state index contributed by atoms with van der Waals surface area (Å²) in [6.07, 6.45) is 9.07. The number of aromatic nitrogens is 2. The first kappa shape index (κ1) is 19.3. The number of likely N-dealkylation sites (tertiary alicyclic amines) is 1. The molecule has 0 saturated carbocycles. The van der Waals surface area contributed by atoms with Gasteiger partial charge in [0.25, 0.3) is 0 Å². The van der Waals surface area contributed by atoms with E-state index in [1.54, 1.807) is 0 Å². The molecule has 1 fully saturated rings. The van der Waals surface area contributed by atoms with E-state index in [4.69, 9.17) is 0 Å². The summed E-state index contributed by atoms with van der Waals surface area (Å²) in [5.41, 5.74) is 1.62. The van der Waals surface area contributed by atoms with Crippen molar-refractivity contribution in [2.24, 2.45) is 17.5 Å². The Hall–Kier alpha value is -0.790. The summed E-state index contributed by atoms with van der Waals surface area (Å²) in [7, 11) is 3.82. The first-order valence-corrected chi connectivity index (χ1v) is 7.99. The number of piperidine rings is 1. The highest BCUT2D eigenvalue weighted by Crippen LogP contribution is 2.33. The Labute approximate surface area is 151 Å². The molecule has 0 bridgehead atoms. The molecule has 1 aromatic rings. The summed E-state index contributed by atoms with van der Waals surface area (Å²) in [5.74, 6) is 1.01. The molecule has 1 N–H and O–H groups in total. The van der Waals surface area contributed by atoms with Gasteiger partial charge in [-0.1, -0.05) is 20.3 Å². The average molecular weight is 419 g/mol. The summed E-state index contributed by atoms with van der Waals surface area (Å²) in [5, 5.41) is 7.67. The third-order valence-electron chi connectivity index (χ3n) is 4.35. The molecule has 2 heterocycles. The van der Waals surface area contributed by atoms with Crippen molar-refractivity contribution in [2.45, 2.75) is 46.1 Å². The number of rotatable bonds is 4. The van der Waals surface area contributed by atoms with Gasteiger partial charge in [-0.2, -0.15) is 5.10 Å². The number of hydrogen-bond acceptors (Lipinski definition) is 2. The number of guanidine groups is 1. The Balaban J connectivity index is 0.00000242. The number of nitrogens with one attached hydrogen (secondary N) is 1. The molecule has 2 rings (SSSR count). The highest BCUT2D eigenvalue weighted by atomic mass is 127. The van der Waals surface area contributed by atoms with Gasteiger partial charge in [-0.25, -0.2) is 0 Å². The Morgan fingerprint density at radius 2 is 2.27 bits per heavy atom. The van der Waals surface area contributed by atoms with Crippen LogP contribution in [0.25, 0.3) is 0 Å². The van der Waals surface area contributed by atoms with Gasteiger partial charge >= 0.3 is 0 Å². The van der Waals surface area contributed by atoms with Crippen molar-refractivity contribution >= 4 is 29.9 Å². The van der Waals surface area contributed by atoms with Crippen LogP contribution in [0.2, 0.25) is 0 Å². The first-order valence-electron chi connectivity index (χ1n) is 7.99. The van der Waals surface area contributed by atoms with Crippen LogP contribution in [0.15, 0.2) is 17.4 Å². The van der Waals surface area contributed by atoms with Crippen molar-refractivity contribution in [1.82, 2.24) is 20.0 Å². The summed E-state index contributed by atoms with van der Waals surface area (Å²) >= 11 is 0. The molecule has 6 heteroatoms. The second-order valence-corrected chi connectivity index (χ2v) is 6.51. The van der Waals surface area contributed by atoms with Gasteiger partial charge in [-0.15, -0.1) is 24.0 Å². The number of hydrogen-bond donors (Lipinski definition) is 1. The third kappa shape index (κ3) is 5.14. The molecule has 1 aliphatic rings. The van der Waals surface area contributed by atoms with E-state index >= 15 is 0 Å². The van der Waals surface area contributed by atoms with Gasteiger partial charge in [-0.05, 0) is 24.7 Å². The van der Waals surface area contributed by atoms with Gasteiger partial charge < -0.3 is 10.2 Å². The maximum atomic E-state index is 4.46. The fraction of sp³-hybridized carbons (Fsp3) is 0.750. The summed E-state index contributed by atoms with van der Waals surface area (Å²) in [4.78, 5) is 6.88. The minimum Gasteiger partial charge on any atom is -0.352 e. The smallest absolute Gasteiger partial charge is 0.193 e. The highest BCUT2D eigenvalue weighted by molar-refractivity contribution is 14.0. The van der Waals surface area contributed by atoms with Crippen molar-refractivity contribution in [1.29, 1.82) is 0 Å². The quantitative estimate of drug-likeness (QED) is 0.464. The second-order valence-electron chi connectivity index (χ2n) is 6.51. The monoisotopic (exact) mass is 419 g/mol. The fourth-order valence-electron chi connectivity index (χ4n) is 3.38. The first-order chi connectivity index (χ1) is 10.1. The van der Waals surface area contributed by atoms with Crippen LogP contribution in [0.1, 0.15) is 45.1 Å². The van der Waals surface area contributed by atoms with Crippen LogP contribution in [-0.2, 0) is 13.6 Å². The van der Waals surface area contributed by atoms with Crippen molar-refractivity contribution in [2.75, 3.05) is 20.1 Å². The van der Waals surface area contributed by atoms with Crippen molar-refractivity contribution in [3.63, 3.8) is 0 Å². The van der Waals surface area contributed by atoms with Crippen molar-refractivity contribution in [3.05, 3.63) is 18.0 Å². The Bertz CT molecular complexity index is 481. The van der Waals surface area contributed by atoms with Crippen LogP contribution in [-0.4, -0.2) is 40.8 Å². The predicted octanol–water partition coefficient (Wildman–Crippen LogP) is 3.02. The zero-order valence-corrected chi connectivity index (χ0v) is 16.6. The minimum absolute atomic E-state index is 0. The molecular weight excluding hydrogens is 389 g/mol. The molecule has 0 amide bonds. The molecule has 5 nitrogen and oxygen atoms in total. The van der Waals surface area contributed by atoms with Crippen molar-refractivity contribution in [3.8, 4) is 0 Å². The van der Waals surface area contributed by atoms with E-state index in [1.807, 2.05) is 31.2 Å². The van der Waals surface area contributed by atoms with Crippen molar-refractivity contribution < 1.29 is 0 Å². The lowest BCUT2D eigenvalue weighted by Gasteiger charge is -2.42. The van der Waals surface area contributed by atoms with Gasteiger partial charge in [-0.3, -0.25) is 9.67 Å². The summed E-state index contributed by atoms with van der Waals surface area (Å²) in [6.45, 7) is 7.68. The van der Waals surface area contributed by atoms with Gasteiger partial charge in [0, 0.05) is 45.5 Å². The molecule has 1 atom stereocenters. The van der Waals surface area contributed by atoms with Crippen LogP contribution in [0.4, 0.5) is 0 Å². The van der Waals surface area contributed by atoms with Crippen LogP contribution in [0.5, 0.6) is 0 Å². The number of aryl methyl sites for hydroxylation is 1. The molecule has 1 unspecified atom stereocenters. The lowest BCUT2D eigenvalue weighted by atomic mass is 9.78. The molecule has 1 aromatic heterocycles. The fourth-order valence-corrected chi connectivity index (χ4v) is 3.38. The van der Waals surface area contributed by atoms with E-state index < -0.39 is 0 Å². The zero-order chi connectivity index (χ0) is 15.3. The average Bonchev–Trinajstić information content (AvgIpc) is 2.85. The summed E-state index contributed by atoms with van der Waals surface area (Å²) in [6, 6.07) is 0. The number of aliphatic imine (C=N–C) groups is 1. The lowest BCUT2D eigenvalue weighted by Crippen LogP contribution is -2.49. The van der Waals surface area contributed by atoms with Crippen LogP contribution in [0.3, 0.4) is 0 Å². The second kappa shape index (κ2) is 8.74. The topological polar surface area (TPSA) is 45.4 Å². The molecule has 1 aliphatic heterocycles. The SMILES string of the molecule is CCCC1(C)CCCN(C(=NC)NCc2cnn(C)c2)C1.I. The molecule has 0 aromatic carbocycles. The molecular formula is C16H30IN5. The molecule has 0 radical (unpaired) electrons. The summed E-state index contributed by atoms with van der Waals surface area (Å²) < 4.78 is 1.83. The number of nitrogens with zero attached hydrogens (tertiary/aromatic N) is 4. The maximum Gasteiger partial charge on any atom is 0.193 e. The Morgan fingerprint density at radius 1 is 1.50 bits per heavy atom. The minimum atomic E-state index is 0. The van der Waals surface area contributed by atoms with Gasteiger partial charge in [0.1, 0.15) is 0 Å². The van der Waals surface area contributed by atoms with Gasteiger partial charge in [0.15, 0.2) is 5.96 Å². The van der Waals surface area contributed by atoms with E-state index in [9.17, 15) is 0 Å². The standard InChI is InChI=1S/C16H29N5.HI/c1-5-7-16(2)8-6-9-21(13-16)15(17-3)18-10-14-11-19-20(4)12-14;/h11-12H,5-10,13H2,1-4H3,(H,17,18);1H. The van der Waals surface area contributed by atoms with Gasteiger partial charge in [0.2, 0.25) is 0 Å².